The lowest BCUT2D eigenvalue weighted by Gasteiger charge is -2.36. The number of hydrogen-bond donors (Lipinski definition) is 1. The zero-order chi connectivity index (χ0) is 21.3. The average molecular weight is 426 g/mol. The van der Waals surface area contributed by atoms with Crippen molar-refractivity contribution in [3.8, 4) is 0 Å². The number of benzene rings is 2. The van der Waals surface area contributed by atoms with Crippen LogP contribution in [-0.4, -0.2) is 66.1 Å². The van der Waals surface area contributed by atoms with Gasteiger partial charge in [0.15, 0.2) is 0 Å². The predicted octanol–water partition coefficient (Wildman–Crippen LogP) is 2.54. The van der Waals surface area contributed by atoms with Gasteiger partial charge in [-0.15, -0.1) is 0 Å². The second-order valence-electron chi connectivity index (χ2n) is 7.47. The second kappa shape index (κ2) is 8.60. The molecule has 7 heteroatoms. The van der Waals surface area contributed by atoms with Crippen LogP contribution in [0.1, 0.15) is 11.1 Å². The molecule has 0 aromatic heterocycles. The van der Waals surface area contributed by atoms with Crippen molar-refractivity contribution in [2.24, 2.45) is 0 Å². The van der Waals surface area contributed by atoms with Crippen molar-refractivity contribution in [2.45, 2.75) is 6.92 Å². The molecular formula is C23H24ClN3O3. The number of piperazine rings is 1. The molecule has 2 amide bonds. The van der Waals surface area contributed by atoms with E-state index in [9.17, 15) is 14.7 Å². The largest absolute Gasteiger partial charge is 0.395 e. The standard InChI is InChI=1S/C23H24ClN3O3/c1-16-18(24)8-5-9-19(16)27-22(29)20(17-6-3-2-4-7-17)21(23(27)30)26-12-10-25(11-13-26)14-15-28/h2-9,28H,10-15H2,1H3. The molecule has 0 saturated carbocycles. The molecule has 4 rings (SSSR count). The smallest absolute Gasteiger partial charge is 0.282 e. The van der Waals surface area contributed by atoms with Gasteiger partial charge in [-0.25, -0.2) is 4.90 Å². The number of carbonyl (C=O) groups is 2. The number of anilines is 1. The number of β-amino-alcohol motifs (C(OH)–C–C–N with tert-alkyl or cyclic N) is 1. The summed E-state index contributed by atoms with van der Waals surface area (Å²) in [5.74, 6) is -0.649. The van der Waals surface area contributed by atoms with Crippen molar-refractivity contribution in [1.82, 2.24) is 9.80 Å². The minimum Gasteiger partial charge on any atom is -0.395 e. The van der Waals surface area contributed by atoms with E-state index in [0.29, 0.717) is 47.2 Å². The van der Waals surface area contributed by atoms with Crippen LogP contribution in [0.5, 0.6) is 0 Å². The van der Waals surface area contributed by atoms with Crippen LogP contribution in [0.4, 0.5) is 5.69 Å². The Morgan fingerprint density at radius 3 is 2.30 bits per heavy atom. The molecule has 2 aromatic rings. The highest BCUT2D eigenvalue weighted by Crippen LogP contribution is 2.37. The van der Waals surface area contributed by atoms with Crippen LogP contribution < -0.4 is 4.90 Å². The minimum absolute atomic E-state index is 0.108. The van der Waals surface area contributed by atoms with Gasteiger partial charge in [-0.05, 0) is 30.2 Å². The summed E-state index contributed by atoms with van der Waals surface area (Å²) in [6, 6.07) is 14.6. The molecular weight excluding hydrogens is 402 g/mol. The summed E-state index contributed by atoms with van der Waals surface area (Å²) in [4.78, 5) is 32.5. The zero-order valence-electron chi connectivity index (χ0n) is 16.8. The quantitative estimate of drug-likeness (QED) is 0.746. The van der Waals surface area contributed by atoms with Gasteiger partial charge in [-0.1, -0.05) is 48.0 Å². The third-order valence-electron chi connectivity index (χ3n) is 5.71. The fraction of sp³-hybridized carbons (Fsp3) is 0.304. The van der Waals surface area contributed by atoms with Gasteiger partial charge in [0, 0.05) is 37.7 Å². The van der Waals surface area contributed by atoms with Gasteiger partial charge >= 0.3 is 0 Å². The van der Waals surface area contributed by atoms with E-state index in [1.54, 1.807) is 18.2 Å². The molecule has 0 radical (unpaired) electrons. The fourth-order valence-electron chi connectivity index (χ4n) is 4.07. The Morgan fingerprint density at radius 2 is 1.63 bits per heavy atom. The van der Waals surface area contributed by atoms with Gasteiger partial charge in [0.2, 0.25) is 0 Å². The van der Waals surface area contributed by atoms with Gasteiger partial charge in [0.1, 0.15) is 5.70 Å². The van der Waals surface area contributed by atoms with Crippen LogP contribution in [-0.2, 0) is 9.59 Å². The number of amides is 2. The van der Waals surface area contributed by atoms with Crippen LogP contribution in [0.3, 0.4) is 0 Å². The lowest BCUT2D eigenvalue weighted by molar-refractivity contribution is -0.120. The maximum absolute atomic E-state index is 13.6. The van der Waals surface area contributed by atoms with Crippen LogP contribution in [0, 0.1) is 6.92 Å². The first-order valence-corrected chi connectivity index (χ1v) is 10.4. The molecule has 6 nitrogen and oxygen atoms in total. The second-order valence-corrected chi connectivity index (χ2v) is 7.88. The third kappa shape index (κ3) is 3.62. The summed E-state index contributed by atoms with van der Waals surface area (Å²) in [6.45, 7) is 5.22. The van der Waals surface area contributed by atoms with Gasteiger partial charge in [-0.2, -0.15) is 0 Å². The summed E-state index contributed by atoms with van der Waals surface area (Å²) in [5, 5.41) is 9.71. The van der Waals surface area contributed by atoms with Gasteiger partial charge in [0.05, 0.1) is 17.9 Å². The Labute approximate surface area is 181 Å². The van der Waals surface area contributed by atoms with Gasteiger partial charge in [0.25, 0.3) is 11.8 Å². The van der Waals surface area contributed by atoms with E-state index in [4.69, 9.17) is 11.6 Å². The third-order valence-corrected chi connectivity index (χ3v) is 6.12. The van der Waals surface area contributed by atoms with Crippen molar-refractivity contribution in [2.75, 3.05) is 44.2 Å². The van der Waals surface area contributed by atoms with Crippen molar-refractivity contribution in [1.29, 1.82) is 0 Å². The molecule has 30 heavy (non-hydrogen) atoms. The first kappa shape index (κ1) is 20.6. The lowest BCUT2D eigenvalue weighted by Crippen LogP contribution is -2.48. The molecule has 2 heterocycles. The SMILES string of the molecule is Cc1c(Cl)cccc1N1C(=O)C(c2ccccc2)=C(N2CCN(CCO)CC2)C1=O. The lowest BCUT2D eigenvalue weighted by atomic mass is 10.0. The molecule has 0 bridgehead atoms. The van der Waals surface area contributed by atoms with Crippen LogP contribution >= 0.6 is 11.6 Å². The molecule has 1 fully saturated rings. The average Bonchev–Trinajstić information content (AvgIpc) is 3.02. The Balaban J connectivity index is 1.75. The summed E-state index contributed by atoms with van der Waals surface area (Å²) in [7, 11) is 0. The summed E-state index contributed by atoms with van der Waals surface area (Å²) < 4.78 is 0. The predicted molar refractivity (Wildman–Crippen MR) is 117 cm³/mol. The van der Waals surface area contributed by atoms with Crippen LogP contribution in [0.15, 0.2) is 54.2 Å². The first-order valence-electron chi connectivity index (χ1n) is 10.0. The highest BCUT2D eigenvalue weighted by molar-refractivity contribution is 6.46. The highest BCUT2D eigenvalue weighted by Gasteiger charge is 2.43. The van der Waals surface area contributed by atoms with Crippen LogP contribution in [0.25, 0.3) is 5.57 Å². The summed E-state index contributed by atoms with van der Waals surface area (Å²) >= 11 is 6.27. The number of hydrogen-bond acceptors (Lipinski definition) is 5. The Hall–Kier alpha value is -2.67. The van der Waals surface area contributed by atoms with E-state index in [1.807, 2.05) is 42.2 Å². The minimum atomic E-state index is -0.329. The van der Waals surface area contributed by atoms with E-state index < -0.39 is 0 Å². The van der Waals surface area contributed by atoms with Crippen molar-refractivity contribution < 1.29 is 14.7 Å². The molecule has 1 N–H and O–H groups in total. The number of nitrogens with zero attached hydrogens (tertiary/aromatic N) is 3. The van der Waals surface area contributed by atoms with Gasteiger partial charge in [-0.3, -0.25) is 14.5 Å². The maximum atomic E-state index is 13.6. The van der Waals surface area contributed by atoms with Crippen molar-refractivity contribution in [3.05, 3.63) is 70.4 Å². The number of halogens is 1. The molecule has 156 valence electrons. The number of carbonyl (C=O) groups excluding carboxylic acids is 2. The van der Waals surface area contributed by atoms with Crippen molar-refractivity contribution >= 4 is 34.7 Å². The van der Waals surface area contributed by atoms with Crippen LogP contribution in [0.2, 0.25) is 5.02 Å². The summed E-state index contributed by atoms with van der Waals surface area (Å²) in [5.41, 5.74) is 2.80. The summed E-state index contributed by atoms with van der Waals surface area (Å²) in [6.07, 6.45) is 0. The normalized spacial score (nSPS) is 18.0. The highest BCUT2D eigenvalue weighted by atomic mass is 35.5. The van der Waals surface area contributed by atoms with Gasteiger partial charge < -0.3 is 10.0 Å². The monoisotopic (exact) mass is 425 g/mol. The molecule has 0 spiro atoms. The molecule has 1 saturated heterocycles. The number of aliphatic hydroxyl groups excluding tert-OH is 1. The molecule has 0 aliphatic carbocycles. The Bertz CT molecular complexity index is 998. The van der Waals surface area contributed by atoms with E-state index in [-0.39, 0.29) is 18.4 Å². The fourth-order valence-corrected chi connectivity index (χ4v) is 4.24. The Kier molecular flexibility index (Phi) is 5.90. The van der Waals surface area contributed by atoms with E-state index in [2.05, 4.69) is 4.90 Å². The molecule has 0 unspecified atom stereocenters. The number of aliphatic hydroxyl groups is 1. The topological polar surface area (TPSA) is 64.1 Å². The molecule has 2 aliphatic heterocycles. The Morgan fingerprint density at radius 1 is 0.933 bits per heavy atom. The van der Waals surface area contributed by atoms with E-state index in [1.165, 1.54) is 4.90 Å². The number of imide groups is 1. The molecule has 2 aliphatic rings. The molecule has 0 atom stereocenters. The number of rotatable bonds is 5. The first-order chi connectivity index (χ1) is 14.5. The molecule has 2 aromatic carbocycles. The van der Waals surface area contributed by atoms with E-state index in [0.717, 1.165) is 18.7 Å². The van der Waals surface area contributed by atoms with Crippen molar-refractivity contribution in [3.63, 3.8) is 0 Å². The maximum Gasteiger partial charge on any atom is 0.282 e. The van der Waals surface area contributed by atoms with E-state index >= 15 is 0 Å². The zero-order valence-corrected chi connectivity index (χ0v) is 17.6.